The van der Waals surface area contributed by atoms with Gasteiger partial charge in [-0.05, 0) is 36.8 Å². The maximum Gasteiger partial charge on any atom is 0.300 e. The van der Waals surface area contributed by atoms with Crippen molar-refractivity contribution in [1.29, 1.82) is 0 Å². The Labute approximate surface area is 195 Å². The Balaban J connectivity index is 1.44. The van der Waals surface area contributed by atoms with Gasteiger partial charge in [0.15, 0.2) is 5.58 Å². The van der Waals surface area contributed by atoms with Gasteiger partial charge in [0.05, 0.1) is 32.2 Å². The molecule has 9 heteroatoms. The summed E-state index contributed by atoms with van der Waals surface area (Å²) in [7, 11) is 1.56. The van der Waals surface area contributed by atoms with Crippen LogP contribution in [0.4, 0.5) is 20.5 Å². The average molecular weight is 466 g/mol. The van der Waals surface area contributed by atoms with E-state index in [0.29, 0.717) is 60.1 Å². The summed E-state index contributed by atoms with van der Waals surface area (Å²) < 4.78 is 46.4. The number of pyridine rings is 1. The molecule has 4 aromatic rings. The molecule has 1 fully saturated rings. The highest BCUT2D eigenvalue weighted by atomic mass is 19.1. The molecule has 176 valence electrons. The predicted octanol–water partition coefficient (Wildman–Crippen LogP) is 5.06. The second-order valence-electron chi connectivity index (χ2n) is 8.15. The molecule has 3 heterocycles. The van der Waals surface area contributed by atoms with Crippen LogP contribution in [0.15, 0.2) is 47.0 Å². The lowest BCUT2D eigenvalue weighted by molar-refractivity contribution is 0.0332. The van der Waals surface area contributed by atoms with Crippen LogP contribution in [0.1, 0.15) is 11.1 Å². The van der Waals surface area contributed by atoms with Crippen molar-refractivity contribution in [2.75, 3.05) is 38.7 Å². The fourth-order valence-corrected chi connectivity index (χ4v) is 4.09. The number of para-hydroxylation sites is 1. The number of nitrogens with one attached hydrogen (secondary N) is 1. The van der Waals surface area contributed by atoms with Gasteiger partial charge >= 0.3 is 0 Å². The molecule has 1 saturated heterocycles. The lowest BCUT2D eigenvalue weighted by Gasteiger charge is -2.26. The molecular weight excluding hydrogens is 442 g/mol. The van der Waals surface area contributed by atoms with E-state index in [-0.39, 0.29) is 18.1 Å². The van der Waals surface area contributed by atoms with Crippen LogP contribution in [0.25, 0.3) is 22.2 Å². The smallest absolute Gasteiger partial charge is 0.300 e. The van der Waals surface area contributed by atoms with Crippen molar-refractivity contribution >= 4 is 22.8 Å². The molecule has 0 aliphatic carbocycles. The van der Waals surface area contributed by atoms with Gasteiger partial charge in [-0.25, -0.2) is 13.8 Å². The summed E-state index contributed by atoms with van der Waals surface area (Å²) >= 11 is 0. The van der Waals surface area contributed by atoms with Crippen LogP contribution in [-0.2, 0) is 11.3 Å². The van der Waals surface area contributed by atoms with Gasteiger partial charge in [0, 0.05) is 36.3 Å². The van der Waals surface area contributed by atoms with Crippen molar-refractivity contribution in [1.82, 2.24) is 14.9 Å². The minimum absolute atomic E-state index is 0.0557. The van der Waals surface area contributed by atoms with Crippen molar-refractivity contribution in [3.05, 3.63) is 65.4 Å². The number of hydrogen-bond acceptors (Lipinski definition) is 7. The average Bonchev–Trinajstić information content (AvgIpc) is 3.24. The molecule has 7 nitrogen and oxygen atoms in total. The number of morpholine rings is 1. The Bertz CT molecular complexity index is 1310. The Kier molecular flexibility index (Phi) is 6.12. The molecule has 0 spiro atoms. The van der Waals surface area contributed by atoms with Gasteiger partial charge in [-0.2, -0.15) is 4.98 Å². The minimum atomic E-state index is -0.587. The molecule has 0 unspecified atom stereocenters. The predicted molar refractivity (Wildman–Crippen MR) is 124 cm³/mol. The largest absolute Gasteiger partial charge is 0.481 e. The van der Waals surface area contributed by atoms with Gasteiger partial charge in [-0.3, -0.25) is 4.90 Å². The summed E-state index contributed by atoms with van der Waals surface area (Å²) in [6, 6.07) is 10.1. The molecule has 1 N–H and O–H groups in total. The summed E-state index contributed by atoms with van der Waals surface area (Å²) in [4.78, 5) is 10.7. The van der Waals surface area contributed by atoms with Crippen molar-refractivity contribution < 1.29 is 22.7 Å². The van der Waals surface area contributed by atoms with Crippen LogP contribution >= 0.6 is 0 Å². The van der Waals surface area contributed by atoms with Crippen LogP contribution in [0.2, 0.25) is 0 Å². The molecule has 0 saturated carbocycles. The Morgan fingerprint density at radius 2 is 1.88 bits per heavy atom. The first-order chi connectivity index (χ1) is 16.5. The van der Waals surface area contributed by atoms with E-state index >= 15 is 0 Å². The highest BCUT2D eigenvalue weighted by Gasteiger charge is 2.19. The SMILES string of the molecule is COc1ncc(Nc2nc3cccc(-c4cc(F)c(CN5CCOCC5)c(F)c4)c3o2)cc1C. The molecule has 34 heavy (non-hydrogen) atoms. The van der Waals surface area contributed by atoms with E-state index in [9.17, 15) is 8.78 Å². The molecule has 0 radical (unpaired) electrons. The molecule has 5 rings (SSSR count). The van der Waals surface area contributed by atoms with Crippen LogP contribution < -0.4 is 10.1 Å². The van der Waals surface area contributed by atoms with E-state index in [1.165, 1.54) is 12.1 Å². The number of fused-ring (bicyclic) bond motifs is 1. The second kappa shape index (κ2) is 9.36. The topological polar surface area (TPSA) is 72.7 Å². The number of halogens is 2. The Morgan fingerprint density at radius 3 is 2.59 bits per heavy atom. The number of benzene rings is 2. The Hall–Kier alpha value is -3.56. The molecule has 0 amide bonds. The van der Waals surface area contributed by atoms with Crippen molar-refractivity contribution in [2.45, 2.75) is 13.5 Å². The fraction of sp³-hybridized carbons (Fsp3) is 0.280. The van der Waals surface area contributed by atoms with Gasteiger partial charge in [-0.1, -0.05) is 12.1 Å². The third-order valence-corrected chi connectivity index (χ3v) is 5.83. The normalized spacial score (nSPS) is 14.5. The van der Waals surface area contributed by atoms with Crippen molar-refractivity contribution in [3.63, 3.8) is 0 Å². The van der Waals surface area contributed by atoms with Crippen LogP contribution in [0.5, 0.6) is 5.88 Å². The summed E-state index contributed by atoms with van der Waals surface area (Å²) in [6.45, 7) is 4.52. The zero-order valence-corrected chi connectivity index (χ0v) is 18.9. The molecule has 1 aliphatic heterocycles. The lowest BCUT2D eigenvalue weighted by Crippen LogP contribution is -2.36. The minimum Gasteiger partial charge on any atom is -0.481 e. The lowest BCUT2D eigenvalue weighted by atomic mass is 10.0. The molecule has 2 aromatic carbocycles. The number of nitrogens with zero attached hydrogens (tertiary/aromatic N) is 3. The monoisotopic (exact) mass is 466 g/mol. The first-order valence-corrected chi connectivity index (χ1v) is 11.0. The van der Waals surface area contributed by atoms with E-state index in [4.69, 9.17) is 13.9 Å². The number of ether oxygens (including phenoxy) is 2. The maximum atomic E-state index is 15.0. The second-order valence-corrected chi connectivity index (χ2v) is 8.15. The quantitative estimate of drug-likeness (QED) is 0.426. The third-order valence-electron chi connectivity index (χ3n) is 5.83. The highest BCUT2D eigenvalue weighted by molar-refractivity contribution is 5.91. The highest BCUT2D eigenvalue weighted by Crippen LogP contribution is 2.33. The van der Waals surface area contributed by atoms with Gasteiger partial charge in [-0.15, -0.1) is 0 Å². The van der Waals surface area contributed by atoms with Gasteiger partial charge in [0.2, 0.25) is 5.88 Å². The Morgan fingerprint density at radius 1 is 1.12 bits per heavy atom. The van der Waals surface area contributed by atoms with Crippen molar-refractivity contribution in [3.8, 4) is 17.0 Å². The number of aryl methyl sites for hydroxylation is 1. The zero-order valence-electron chi connectivity index (χ0n) is 18.9. The molecule has 0 atom stereocenters. The third kappa shape index (κ3) is 4.44. The number of hydrogen-bond donors (Lipinski definition) is 1. The van der Waals surface area contributed by atoms with Gasteiger partial charge in [0.1, 0.15) is 17.2 Å². The van der Waals surface area contributed by atoms with Crippen LogP contribution in [0.3, 0.4) is 0 Å². The van der Waals surface area contributed by atoms with E-state index in [1.807, 2.05) is 17.9 Å². The number of oxazole rings is 1. The van der Waals surface area contributed by atoms with E-state index < -0.39 is 11.6 Å². The summed E-state index contributed by atoms with van der Waals surface area (Å²) in [6.07, 6.45) is 1.61. The molecule has 1 aliphatic rings. The number of aromatic nitrogens is 2. The first kappa shape index (κ1) is 22.2. The summed E-state index contributed by atoms with van der Waals surface area (Å²) in [5.74, 6) is -0.640. The maximum absolute atomic E-state index is 15.0. The molecule has 0 bridgehead atoms. The molecule has 2 aromatic heterocycles. The zero-order chi connectivity index (χ0) is 23.7. The fourth-order valence-electron chi connectivity index (χ4n) is 4.09. The summed E-state index contributed by atoms with van der Waals surface area (Å²) in [5, 5.41) is 3.08. The van der Waals surface area contributed by atoms with E-state index in [2.05, 4.69) is 15.3 Å². The van der Waals surface area contributed by atoms with E-state index in [1.54, 1.807) is 31.5 Å². The van der Waals surface area contributed by atoms with Gasteiger partial charge < -0.3 is 19.2 Å². The van der Waals surface area contributed by atoms with Crippen LogP contribution in [0, 0.1) is 18.6 Å². The van der Waals surface area contributed by atoms with Gasteiger partial charge in [0.25, 0.3) is 6.01 Å². The molecular formula is C25H24F2N4O3. The number of anilines is 2. The number of methoxy groups -OCH3 is 1. The summed E-state index contributed by atoms with van der Waals surface area (Å²) in [5.41, 5.74) is 3.52. The van der Waals surface area contributed by atoms with Crippen LogP contribution in [-0.4, -0.2) is 48.3 Å². The van der Waals surface area contributed by atoms with E-state index in [0.717, 1.165) is 5.56 Å². The standard InChI is InChI=1S/C25H24F2N4O3/c1-15-10-17(13-28-24(15)32-2)29-25-30-22-5-3-4-18(23(22)34-25)16-11-20(26)19(21(27)12-16)14-31-6-8-33-9-7-31/h3-5,10-13H,6-9,14H2,1-2H3,(H,29,30). The van der Waals surface area contributed by atoms with Crippen molar-refractivity contribution in [2.24, 2.45) is 0 Å². The number of rotatable bonds is 6. The first-order valence-electron chi connectivity index (χ1n) is 11.0.